The summed E-state index contributed by atoms with van der Waals surface area (Å²) in [5, 5.41) is 26.9. The molecule has 2 aromatic carbocycles. The van der Waals surface area contributed by atoms with Crippen molar-refractivity contribution in [2.75, 3.05) is 0 Å². The fraction of sp³-hybridized carbons (Fsp3) is 0. The van der Waals surface area contributed by atoms with Crippen molar-refractivity contribution in [1.82, 2.24) is 0 Å². The van der Waals surface area contributed by atoms with Crippen molar-refractivity contribution in [2.45, 2.75) is 0 Å². The number of rotatable bonds is 5. The van der Waals surface area contributed by atoms with E-state index in [1.54, 1.807) is 0 Å². The Morgan fingerprint density at radius 1 is 0.565 bits per heavy atom. The molecule has 0 aliphatic carbocycles. The zero-order chi connectivity index (χ0) is 17.1. The van der Waals surface area contributed by atoms with Crippen LogP contribution in [0.25, 0.3) is 0 Å². The molecule has 0 spiro atoms. The maximum Gasteiger partial charge on any atom is 0.336 e. The Morgan fingerprint density at radius 2 is 1.04 bits per heavy atom. The Balaban J connectivity index is 2.48. The van der Waals surface area contributed by atoms with E-state index in [0.717, 1.165) is 18.2 Å². The van der Waals surface area contributed by atoms with Gasteiger partial charge in [0.05, 0.1) is 16.7 Å². The molecular formula is C16H10O7. The normalized spacial score (nSPS) is 10.1. The predicted molar refractivity (Wildman–Crippen MR) is 77.2 cm³/mol. The summed E-state index contributed by atoms with van der Waals surface area (Å²) in [4.78, 5) is 45.3. The van der Waals surface area contributed by atoms with Crippen LogP contribution >= 0.6 is 0 Å². The highest BCUT2D eigenvalue weighted by molar-refractivity contribution is 6.15. The first-order valence-corrected chi connectivity index (χ1v) is 6.30. The first-order valence-electron chi connectivity index (χ1n) is 6.30. The highest BCUT2D eigenvalue weighted by Crippen LogP contribution is 2.18. The van der Waals surface area contributed by atoms with Crippen LogP contribution < -0.4 is 0 Å². The Kier molecular flexibility index (Phi) is 4.22. The number of carbonyl (C=O) groups is 4. The van der Waals surface area contributed by atoms with Crippen LogP contribution in [0.2, 0.25) is 0 Å². The number of aromatic carboxylic acids is 3. The lowest BCUT2D eigenvalue weighted by molar-refractivity contribution is 0.0681. The van der Waals surface area contributed by atoms with Gasteiger partial charge in [0.15, 0.2) is 5.78 Å². The van der Waals surface area contributed by atoms with E-state index in [-0.39, 0.29) is 22.3 Å². The standard InChI is InChI=1S/C16H10O7/c17-13(8-1-3-9(4-2-8)14(18)19)11-6-5-10(15(20)21)7-12(11)16(22)23/h1-7H,(H,18,19)(H,20,21)(H,22,23). The molecule has 116 valence electrons. The summed E-state index contributed by atoms with van der Waals surface area (Å²) in [6, 6.07) is 8.14. The molecule has 3 N–H and O–H groups in total. The molecule has 0 saturated heterocycles. The lowest BCUT2D eigenvalue weighted by Crippen LogP contribution is -2.12. The van der Waals surface area contributed by atoms with Gasteiger partial charge in [0.1, 0.15) is 0 Å². The SMILES string of the molecule is O=C(O)c1ccc(C(=O)c2ccc(C(=O)O)cc2C(=O)O)cc1. The maximum atomic E-state index is 12.4. The van der Waals surface area contributed by atoms with Gasteiger partial charge < -0.3 is 15.3 Å². The third-order valence-corrected chi connectivity index (χ3v) is 3.14. The Labute approximate surface area is 129 Å². The van der Waals surface area contributed by atoms with E-state index >= 15 is 0 Å². The van der Waals surface area contributed by atoms with Gasteiger partial charge >= 0.3 is 17.9 Å². The zero-order valence-electron chi connectivity index (χ0n) is 11.5. The van der Waals surface area contributed by atoms with Gasteiger partial charge in [-0.05, 0) is 30.3 Å². The van der Waals surface area contributed by atoms with Crippen LogP contribution in [0.4, 0.5) is 0 Å². The summed E-state index contributed by atoms with van der Waals surface area (Å²) >= 11 is 0. The zero-order valence-corrected chi connectivity index (χ0v) is 11.5. The summed E-state index contributed by atoms with van der Waals surface area (Å²) in [6.45, 7) is 0. The van der Waals surface area contributed by atoms with Gasteiger partial charge in [0, 0.05) is 11.1 Å². The second-order valence-corrected chi connectivity index (χ2v) is 4.58. The smallest absolute Gasteiger partial charge is 0.336 e. The largest absolute Gasteiger partial charge is 0.478 e. The topological polar surface area (TPSA) is 129 Å². The molecule has 0 fully saturated rings. The number of benzene rings is 2. The van der Waals surface area contributed by atoms with Crippen LogP contribution in [0.5, 0.6) is 0 Å². The first-order chi connectivity index (χ1) is 10.8. The molecule has 0 aromatic heterocycles. The minimum atomic E-state index is -1.43. The number of carbonyl (C=O) groups excluding carboxylic acids is 1. The summed E-state index contributed by atoms with van der Waals surface area (Å²) in [5.74, 6) is -4.53. The molecule has 7 nitrogen and oxygen atoms in total. The number of hydrogen-bond acceptors (Lipinski definition) is 4. The van der Waals surface area contributed by atoms with E-state index in [1.165, 1.54) is 24.3 Å². The van der Waals surface area contributed by atoms with Crippen LogP contribution in [0.15, 0.2) is 42.5 Å². The monoisotopic (exact) mass is 314 g/mol. The summed E-state index contributed by atoms with van der Waals surface area (Å²) in [6.07, 6.45) is 0. The molecule has 0 radical (unpaired) electrons. The average molecular weight is 314 g/mol. The molecule has 0 amide bonds. The van der Waals surface area contributed by atoms with E-state index in [1.807, 2.05) is 0 Å². The summed E-state index contributed by atoms with van der Waals surface area (Å²) < 4.78 is 0. The number of carboxylic acids is 3. The van der Waals surface area contributed by atoms with Crippen molar-refractivity contribution < 1.29 is 34.5 Å². The molecule has 0 aliphatic heterocycles. The molecule has 0 aliphatic rings. The molecule has 0 unspecified atom stereocenters. The fourth-order valence-electron chi connectivity index (χ4n) is 1.97. The molecule has 7 heteroatoms. The van der Waals surface area contributed by atoms with Crippen molar-refractivity contribution in [3.8, 4) is 0 Å². The Bertz CT molecular complexity index is 819. The van der Waals surface area contributed by atoms with Gasteiger partial charge in [-0.1, -0.05) is 12.1 Å². The minimum Gasteiger partial charge on any atom is -0.478 e. The predicted octanol–water partition coefficient (Wildman–Crippen LogP) is 2.01. The van der Waals surface area contributed by atoms with E-state index in [9.17, 15) is 19.2 Å². The van der Waals surface area contributed by atoms with Crippen LogP contribution in [-0.4, -0.2) is 39.0 Å². The van der Waals surface area contributed by atoms with Crippen molar-refractivity contribution in [1.29, 1.82) is 0 Å². The fourth-order valence-corrected chi connectivity index (χ4v) is 1.97. The lowest BCUT2D eigenvalue weighted by atomic mass is 9.96. The molecular weight excluding hydrogens is 304 g/mol. The van der Waals surface area contributed by atoms with Crippen molar-refractivity contribution in [3.05, 3.63) is 70.3 Å². The maximum absolute atomic E-state index is 12.4. The molecule has 0 atom stereocenters. The molecule has 0 heterocycles. The van der Waals surface area contributed by atoms with Gasteiger partial charge in [0.25, 0.3) is 0 Å². The minimum absolute atomic E-state index is 0.0127. The van der Waals surface area contributed by atoms with E-state index in [0.29, 0.717) is 0 Å². The highest BCUT2D eigenvalue weighted by Gasteiger charge is 2.20. The van der Waals surface area contributed by atoms with E-state index in [2.05, 4.69) is 0 Å². The highest BCUT2D eigenvalue weighted by atomic mass is 16.4. The third kappa shape index (κ3) is 3.24. The summed E-state index contributed by atoms with van der Waals surface area (Å²) in [5.41, 5.74) is -0.773. The van der Waals surface area contributed by atoms with Gasteiger partial charge in [-0.2, -0.15) is 0 Å². The Morgan fingerprint density at radius 3 is 1.52 bits per heavy atom. The van der Waals surface area contributed by atoms with Crippen molar-refractivity contribution in [2.24, 2.45) is 0 Å². The van der Waals surface area contributed by atoms with Crippen LogP contribution in [0.1, 0.15) is 47.0 Å². The third-order valence-electron chi connectivity index (χ3n) is 3.14. The quantitative estimate of drug-likeness (QED) is 0.720. The van der Waals surface area contributed by atoms with Crippen LogP contribution in [0.3, 0.4) is 0 Å². The number of hydrogen-bond donors (Lipinski definition) is 3. The van der Waals surface area contributed by atoms with Crippen molar-refractivity contribution >= 4 is 23.7 Å². The van der Waals surface area contributed by atoms with Crippen LogP contribution in [-0.2, 0) is 0 Å². The number of carboxylic acid groups (broad SMARTS) is 3. The van der Waals surface area contributed by atoms with E-state index < -0.39 is 29.3 Å². The first kappa shape index (κ1) is 15.9. The molecule has 23 heavy (non-hydrogen) atoms. The summed E-state index contributed by atoms with van der Waals surface area (Å²) in [7, 11) is 0. The van der Waals surface area contributed by atoms with Crippen LogP contribution in [0, 0.1) is 0 Å². The second-order valence-electron chi connectivity index (χ2n) is 4.58. The molecule has 2 rings (SSSR count). The van der Waals surface area contributed by atoms with Gasteiger partial charge in [-0.3, -0.25) is 4.79 Å². The van der Waals surface area contributed by atoms with Gasteiger partial charge in [0.2, 0.25) is 0 Å². The van der Waals surface area contributed by atoms with Gasteiger partial charge in [-0.15, -0.1) is 0 Å². The Hall–Kier alpha value is -3.48. The van der Waals surface area contributed by atoms with Crippen molar-refractivity contribution in [3.63, 3.8) is 0 Å². The second kappa shape index (κ2) is 6.10. The average Bonchev–Trinajstić information content (AvgIpc) is 2.53. The molecule has 2 aromatic rings. The van der Waals surface area contributed by atoms with Gasteiger partial charge in [-0.25, -0.2) is 14.4 Å². The molecule has 0 saturated carbocycles. The van der Waals surface area contributed by atoms with E-state index in [4.69, 9.17) is 15.3 Å². The lowest BCUT2D eigenvalue weighted by Gasteiger charge is -2.07. The molecule has 0 bridgehead atoms. The number of ketones is 1.